The second-order valence-electron chi connectivity index (χ2n) is 5.45. The quantitative estimate of drug-likeness (QED) is 0.845. The summed E-state index contributed by atoms with van der Waals surface area (Å²) in [7, 11) is 2.10. The fourth-order valence-corrected chi connectivity index (χ4v) is 2.74. The Kier molecular flexibility index (Phi) is 5.56. The Morgan fingerprint density at radius 1 is 1.25 bits per heavy atom. The molecule has 20 heavy (non-hydrogen) atoms. The van der Waals surface area contributed by atoms with Crippen molar-refractivity contribution in [2.45, 2.75) is 26.9 Å². The smallest absolute Gasteiger partial charge is 0.107 e. The molecule has 1 aromatic heterocycles. The number of nitrogens with one attached hydrogen (secondary N) is 1. The van der Waals surface area contributed by atoms with Gasteiger partial charge in [-0.15, -0.1) is 11.3 Å². The molecule has 0 aliphatic rings. The van der Waals surface area contributed by atoms with Gasteiger partial charge in [0.1, 0.15) is 5.01 Å². The molecule has 108 valence electrons. The third-order valence-corrected chi connectivity index (χ3v) is 3.92. The first kappa shape index (κ1) is 15.0. The fraction of sp³-hybridized carbons (Fsp3) is 0.438. The van der Waals surface area contributed by atoms with Gasteiger partial charge in [0.25, 0.3) is 0 Å². The van der Waals surface area contributed by atoms with Gasteiger partial charge in [0.05, 0.1) is 12.2 Å². The highest BCUT2D eigenvalue weighted by atomic mass is 32.1. The molecule has 0 aliphatic heterocycles. The number of thiazole rings is 1. The Bertz CT molecular complexity index is 507. The summed E-state index contributed by atoms with van der Waals surface area (Å²) in [6, 6.07) is 10.4. The summed E-state index contributed by atoms with van der Waals surface area (Å²) in [5.41, 5.74) is 2.36. The minimum atomic E-state index is 0.679. The van der Waals surface area contributed by atoms with Gasteiger partial charge in [0.2, 0.25) is 0 Å². The molecule has 1 heterocycles. The summed E-state index contributed by atoms with van der Waals surface area (Å²) in [4.78, 5) is 6.91. The van der Waals surface area contributed by atoms with Crippen molar-refractivity contribution < 1.29 is 0 Å². The number of aromatic nitrogens is 1. The van der Waals surface area contributed by atoms with Crippen molar-refractivity contribution in [1.82, 2.24) is 10.3 Å². The van der Waals surface area contributed by atoms with E-state index in [1.165, 1.54) is 10.7 Å². The van der Waals surface area contributed by atoms with Gasteiger partial charge < -0.3 is 10.2 Å². The minimum absolute atomic E-state index is 0.679. The van der Waals surface area contributed by atoms with Crippen LogP contribution in [0.25, 0.3) is 0 Å². The summed E-state index contributed by atoms with van der Waals surface area (Å²) in [6.45, 7) is 7.20. The topological polar surface area (TPSA) is 28.2 Å². The van der Waals surface area contributed by atoms with E-state index >= 15 is 0 Å². The maximum absolute atomic E-state index is 4.69. The van der Waals surface area contributed by atoms with E-state index in [0.29, 0.717) is 5.92 Å². The number of para-hydroxylation sites is 1. The molecule has 0 aliphatic carbocycles. The fourth-order valence-electron chi connectivity index (χ4n) is 1.99. The number of rotatable bonds is 7. The van der Waals surface area contributed by atoms with E-state index in [9.17, 15) is 0 Å². The predicted molar refractivity (Wildman–Crippen MR) is 87.2 cm³/mol. The van der Waals surface area contributed by atoms with E-state index in [0.717, 1.165) is 25.3 Å². The van der Waals surface area contributed by atoms with Crippen molar-refractivity contribution in [3.05, 3.63) is 46.4 Å². The molecule has 3 nitrogen and oxygen atoms in total. The van der Waals surface area contributed by atoms with E-state index in [2.05, 4.69) is 65.7 Å². The van der Waals surface area contributed by atoms with Crippen molar-refractivity contribution in [2.75, 3.05) is 18.5 Å². The van der Waals surface area contributed by atoms with E-state index in [4.69, 9.17) is 0 Å². The van der Waals surface area contributed by atoms with Crippen LogP contribution in [-0.4, -0.2) is 18.6 Å². The van der Waals surface area contributed by atoms with E-state index in [1.807, 2.05) is 6.07 Å². The van der Waals surface area contributed by atoms with Crippen LogP contribution in [0.4, 0.5) is 5.69 Å². The Morgan fingerprint density at radius 2 is 2.00 bits per heavy atom. The van der Waals surface area contributed by atoms with Gasteiger partial charge in [0, 0.05) is 24.7 Å². The normalized spacial score (nSPS) is 11.0. The lowest BCUT2D eigenvalue weighted by molar-refractivity contribution is 0.551. The van der Waals surface area contributed by atoms with Gasteiger partial charge in [0.15, 0.2) is 0 Å². The highest BCUT2D eigenvalue weighted by Crippen LogP contribution is 2.16. The first-order chi connectivity index (χ1) is 9.65. The van der Waals surface area contributed by atoms with Crippen LogP contribution in [0.3, 0.4) is 0 Å². The molecule has 2 rings (SSSR count). The highest BCUT2D eigenvalue weighted by molar-refractivity contribution is 7.09. The standard InChI is InChI=1S/C16H23N3S/c1-13(2)9-17-10-16-18-14(12-20-16)11-19(3)15-7-5-4-6-8-15/h4-8,12-13,17H,9-11H2,1-3H3. The van der Waals surface area contributed by atoms with Crippen LogP contribution in [0.2, 0.25) is 0 Å². The molecule has 1 aromatic carbocycles. The SMILES string of the molecule is CC(C)CNCc1nc(CN(C)c2ccccc2)cs1. The zero-order valence-electron chi connectivity index (χ0n) is 12.5. The van der Waals surface area contributed by atoms with E-state index < -0.39 is 0 Å². The van der Waals surface area contributed by atoms with Crippen molar-refractivity contribution in [3.8, 4) is 0 Å². The van der Waals surface area contributed by atoms with Crippen molar-refractivity contribution >= 4 is 17.0 Å². The molecule has 0 bridgehead atoms. The summed E-state index contributed by atoms with van der Waals surface area (Å²) in [5.74, 6) is 0.679. The van der Waals surface area contributed by atoms with E-state index in [1.54, 1.807) is 11.3 Å². The molecule has 0 spiro atoms. The zero-order valence-corrected chi connectivity index (χ0v) is 13.3. The van der Waals surface area contributed by atoms with Crippen LogP contribution < -0.4 is 10.2 Å². The van der Waals surface area contributed by atoms with Crippen LogP contribution in [0.1, 0.15) is 24.5 Å². The maximum atomic E-state index is 4.69. The molecule has 0 fully saturated rings. The first-order valence-corrected chi connectivity index (χ1v) is 7.93. The molecule has 0 saturated carbocycles. The first-order valence-electron chi connectivity index (χ1n) is 7.05. The number of hydrogen-bond acceptors (Lipinski definition) is 4. The summed E-state index contributed by atoms with van der Waals surface area (Å²) < 4.78 is 0. The van der Waals surface area contributed by atoms with Crippen LogP contribution >= 0.6 is 11.3 Å². The predicted octanol–water partition coefficient (Wildman–Crippen LogP) is 3.53. The van der Waals surface area contributed by atoms with Crippen LogP contribution in [0.5, 0.6) is 0 Å². The van der Waals surface area contributed by atoms with Crippen LogP contribution in [-0.2, 0) is 13.1 Å². The number of nitrogens with zero attached hydrogens (tertiary/aromatic N) is 2. The zero-order chi connectivity index (χ0) is 14.4. The Hall–Kier alpha value is -1.39. The Morgan fingerprint density at radius 3 is 2.70 bits per heavy atom. The van der Waals surface area contributed by atoms with Crippen molar-refractivity contribution in [3.63, 3.8) is 0 Å². The molecular formula is C16H23N3S. The number of benzene rings is 1. The molecule has 0 amide bonds. The van der Waals surface area contributed by atoms with Gasteiger partial charge in [-0.3, -0.25) is 0 Å². The van der Waals surface area contributed by atoms with Crippen LogP contribution in [0, 0.1) is 5.92 Å². The third kappa shape index (κ3) is 4.62. The Labute approximate surface area is 125 Å². The average Bonchev–Trinajstić information content (AvgIpc) is 2.87. The summed E-state index contributed by atoms with van der Waals surface area (Å²) >= 11 is 1.74. The molecule has 0 saturated heterocycles. The summed E-state index contributed by atoms with van der Waals surface area (Å²) in [5, 5.41) is 6.76. The van der Waals surface area contributed by atoms with Gasteiger partial charge in [-0.25, -0.2) is 4.98 Å². The lowest BCUT2D eigenvalue weighted by atomic mass is 10.2. The molecule has 0 atom stereocenters. The third-order valence-electron chi connectivity index (χ3n) is 3.02. The minimum Gasteiger partial charge on any atom is -0.369 e. The number of hydrogen-bond donors (Lipinski definition) is 1. The molecule has 1 N–H and O–H groups in total. The molecule has 2 aromatic rings. The monoisotopic (exact) mass is 289 g/mol. The van der Waals surface area contributed by atoms with Crippen molar-refractivity contribution in [1.29, 1.82) is 0 Å². The second-order valence-corrected chi connectivity index (χ2v) is 6.39. The summed E-state index contributed by atoms with van der Waals surface area (Å²) in [6.07, 6.45) is 0. The highest BCUT2D eigenvalue weighted by Gasteiger charge is 2.06. The average molecular weight is 289 g/mol. The second kappa shape index (κ2) is 7.41. The molecular weight excluding hydrogens is 266 g/mol. The van der Waals surface area contributed by atoms with Gasteiger partial charge in [-0.1, -0.05) is 32.0 Å². The van der Waals surface area contributed by atoms with Crippen molar-refractivity contribution in [2.24, 2.45) is 5.92 Å². The molecule has 4 heteroatoms. The number of anilines is 1. The van der Waals surface area contributed by atoms with Gasteiger partial charge in [-0.05, 0) is 24.6 Å². The van der Waals surface area contributed by atoms with Gasteiger partial charge >= 0.3 is 0 Å². The lowest BCUT2D eigenvalue weighted by Crippen LogP contribution is -2.19. The maximum Gasteiger partial charge on any atom is 0.107 e. The van der Waals surface area contributed by atoms with Crippen LogP contribution in [0.15, 0.2) is 35.7 Å². The lowest BCUT2D eigenvalue weighted by Gasteiger charge is -2.17. The molecule has 0 unspecified atom stereocenters. The van der Waals surface area contributed by atoms with Gasteiger partial charge in [-0.2, -0.15) is 0 Å². The largest absolute Gasteiger partial charge is 0.369 e. The Balaban J connectivity index is 1.86. The molecule has 0 radical (unpaired) electrons. The van der Waals surface area contributed by atoms with E-state index in [-0.39, 0.29) is 0 Å².